The van der Waals surface area contributed by atoms with Gasteiger partial charge in [0.25, 0.3) is 5.91 Å². The highest BCUT2D eigenvalue weighted by molar-refractivity contribution is 7.14. The highest BCUT2D eigenvalue weighted by Gasteiger charge is 2.24. The lowest BCUT2D eigenvalue weighted by atomic mass is 10.1. The first-order valence-corrected chi connectivity index (χ1v) is 9.79. The van der Waals surface area contributed by atoms with Crippen LogP contribution < -0.4 is 15.4 Å². The fraction of sp³-hybridized carbons (Fsp3) is 0.238. The van der Waals surface area contributed by atoms with Gasteiger partial charge in [-0.25, -0.2) is 4.98 Å². The summed E-state index contributed by atoms with van der Waals surface area (Å²) in [6.45, 7) is 2.02. The molecule has 1 aliphatic carbocycles. The molecule has 1 amide bonds. The van der Waals surface area contributed by atoms with Crippen molar-refractivity contribution in [3.05, 3.63) is 59.0 Å². The van der Waals surface area contributed by atoms with Gasteiger partial charge in [0.15, 0.2) is 5.13 Å². The molecule has 138 valence electrons. The molecule has 0 unspecified atom stereocenters. The van der Waals surface area contributed by atoms with Gasteiger partial charge in [-0.15, -0.1) is 11.3 Å². The number of benzene rings is 2. The molecule has 5 nitrogen and oxygen atoms in total. The van der Waals surface area contributed by atoms with Gasteiger partial charge in [-0.1, -0.05) is 6.07 Å². The van der Waals surface area contributed by atoms with E-state index in [1.807, 2.05) is 54.8 Å². The number of thiazole rings is 1. The normalized spacial score (nSPS) is 13.3. The monoisotopic (exact) mass is 379 g/mol. The van der Waals surface area contributed by atoms with Gasteiger partial charge in [0, 0.05) is 28.2 Å². The fourth-order valence-corrected chi connectivity index (χ4v) is 3.47. The summed E-state index contributed by atoms with van der Waals surface area (Å²) in [6.07, 6.45) is 2.16. The van der Waals surface area contributed by atoms with Crippen LogP contribution in [0.3, 0.4) is 0 Å². The molecule has 0 spiro atoms. The predicted molar refractivity (Wildman–Crippen MR) is 109 cm³/mol. The van der Waals surface area contributed by atoms with Crippen molar-refractivity contribution >= 4 is 28.1 Å². The second kappa shape index (κ2) is 7.40. The molecule has 1 heterocycles. The van der Waals surface area contributed by atoms with Crippen LogP contribution in [0, 0.1) is 6.92 Å². The predicted octanol–water partition coefficient (Wildman–Crippen LogP) is 4.76. The van der Waals surface area contributed by atoms with Gasteiger partial charge in [0.05, 0.1) is 12.8 Å². The van der Waals surface area contributed by atoms with Gasteiger partial charge in [-0.2, -0.15) is 0 Å². The van der Waals surface area contributed by atoms with Crippen LogP contribution in [-0.2, 0) is 0 Å². The maximum Gasteiger partial charge on any atom is 0.251 e. The van der Waals surface area contributed by atoms with Crippen LogP contribution in [0.4, 0.5) is 10.8 Å². The third-order valence-corrected chi connectivity index (χ3v) is 5.30. The van der Waals surface area contributed by atoms with Crippen LogP contribution in [0.15, 0.2) is 47.8 Å². The summed E-state index contributed by atoms with van der Waals surface area (Å²) in [5.74, 6) is 0.808. The summed E-state index contributed by atoms with van der Waals surface area (Å²) in [4.78, 5) is 17.0. The van der Waals surface area contributed by atoms with Gasteiger partial charge >= 0.3 is 0 Å². The molecular weight excluding hydrogens is 358 g/mol. The van der Waals surface area contributed by atoms with Gasteiger partial charge in [0.2, 0.25) is 0 Å². The number of ether oxygens (including phenoxy) is 1. The Kier molecular flexibility index (Phi) is 4.81. The van der Waals surface area contributed by atoms with Crippen molar-refractivity contribution in [1.29, 1.82) is 0 Å². The maximum atomic E-state index is 12.3. The number of rotatable bonds is 6. The van der Waals surface area contributed by atoms with E-state index in [-0.39, 0.29) is 5.91 Å². The van der Waals surface area contributed by atoms with E-state index in [4.69, 9.17) is 4.74 Å². The molecule has 0 bridgehead atoms. The molecule has 0 radical (unpaired) electrons. The second-order valence-electron chi connectivity index (χ2n) is 6.67. The first-order chi connectivity index (χ1) is 13.1. The summed E-state index contributed by atoms with van der Waals surface area (Å²) in [5, 5.41) is 9.19. The quantitative estimate of drug-likeness (QED) is 0.648. The molecule has 1 fully saturated rings. The van der Waals surface area contributed by atoms with E-state index < -0.39 is 0 Å². The standard InChI is InChI=1S/C21H21N3O2S/c1-13-3-4-15(20(25)22-16-7-8-16)11-18(13)23-21-24-19(12-27-21)14-5-9-17(26-2)10-6-14/h3-6,9-12,16H,7-8H2,1-2H3,(H,22,25)(H,23,24). The van der Waals surface area contributed by atoms with Crippen molar-refractivity contribution in [2.24, 2.45) is 0 Å². The van der Waals surface area contributed by atoms with E-state index >= 15 is 0 Å². The number of aryl methyl sites for hydroxylation is 1. The van der Waals surface area contributed by atoms with Crippen molar-refractivity contribution in [3.63, 3.8) is 0 Å². The van der Waals surface area contributed by atoms with Crippen molar-refractivity contribution in [1.82, 2.24) is 10.3 Å². The molecule has 27 heavy (non-hydrogen) atoms. The highest BCUT2D eigenvalue weighted by Crippen LogP contribution is 2.30. The molecule has 2 aromatic carbocycles. The lowest BCUT2D eigenvalue weighted by molar-refractivity contribution is 0.0951. The number of amides is 1. The third kappa shape index (κ3) is 4.11. The Morgan fingerprint density at radius 2 is 1.96 bits per heavy atom. The van der Waals surface area contributed by atoms with E-state index in [1.54, 1.807) is 7.11 Å². The fourth-order valence-electron chi connectivity index (χ4n) is 2.74. The molecule has 4 rings (SSSR count). The molecular formula is C21H21N3O2S. The van der Waals surface area contributed by atoms with Gasteiger partial charge in [-0.05, 0) is 61.7 Å². The number of nitrogens with one attached hydrogen (secondary N) is 2. The Bertz CT molecular complexity index is 962. The van der Waals surface area contributed by atoms with Crippen molar-refractivity contribution in [2.75, 3.05) is 12.4 Å². The molecule has 1 aliphatic rings. The topological polar surface area (TPSA) is 63.2 Å². The number of hydrogen-bond acceptors (Lipinski definition) is 5. The maximum absolute atomic E-state index is 12.3. The zero-order valence-corrected chi connectivity index (χ0v) is 16.1. The minimum absolute atomic E-state index is 0.0152. The lowest BCUT2D eigenvalue weighted by Crippen LogP contribution is -2.25. The minimum Gasteiger partial charge on any atom is -0.497 e. The number of hydrogen-bond donors (Lipinski definition) is 2. The van der Waals surface area contributed by atoms with E-state index in [2.05, 4.69) is 15.6 Å². The SMILES string of the molecule is COc1ccc(-c2csc(Nc3cc(C(=O)NC4CC4)ccc3C)n2)cc1. The zero-order valence-electron chi connectivity index (χ0n) is 15.3. The zero-order chi connectivity index (χ0) is 18.8. The third-order valence-electron chi connectivity index (χ3n) is 4.54. The van der Waals surface area contributed by atoms with Crippen LogP contribution in [-0.4, -0.2) is 24.0 Å². The number of aromatic nitrogens is 1. The summed E-state index contributed by atoms with van der Waals surface area (Å²) >= 11 is 1.54. The average molecular weight is 379 g/mol. The largest absolute Gasteiger partial charge is 0.497 e. The van der Waals surface area contributed by atoms with Crippen LogP contribution in [0.1, 0.15) is 28.8 Å². The Hall–Kier alpha value is -2.86. The Morgan fingerprint density at radius 1 is 1.19 bits per heavy atom. The summed E-state index contributed by atoms with van der Waals surface area (Å²) in [7, 11) is 1.65. The molecule has 1 aromatic heterocycles. The first-order valence-electron chi connectivity index (χ1n) is 8.91. The van der Waals surface area contributed by atoms with Crippen molar-refractivity contribution in [2.45, 2.75) is 25.8 Å². The Balaban J connectivity index is 1.51. The van der Waals surface area contributed by atoms with E-state index in [1.165, 1.54) is 11.3 Å². The second-order valence-corrected chi connectivity index (χ2v) is 7.53. The van der Waals surface area contributed by atoms with Crippen LogP contribution >= 0.6 is 11.3 Å². The molecule has 0 aliphatic heterocycles. The van der Waals surface area contributed by atoms with Crippen molar-refractivity contribution in [3.8, 4) is 17.0 Å². The van der Waals surface area contributed by atoms with Crippen molar-refractivity contribution < 1.29 is 9.53 Å². The average Bonchev–Trinajstić information content (AvgIpc) is 3.38. The summed E-state index contributed by atoms with van der Waals surface area (Å²) in [5.41, 5.74) is 4.58. The van der Waals surface area contributed by atoms with Gasteiger partial charge in [0.1, 0.15) is 5.75 Å². The first kappa shape index (κ1) is 17.5. The number of carbonyl (C=O) groups excluding carboxylic acids is 1. The van der Waals surface area contributed by atoms with Gasteiger partial charge in [-0.3, -0.25) is 4.79 Å². The van der Waals surface area contributed by atoms with E-state index in [9.17, 15) is 4.79 Å². The molecule has 1 saturated carbocycles. The molecule has 6 heteroatoms. The Labute approximate surface area is 162 Å². The summed E-state index contributed by atoms with van der Waals surface area (Å²) in [6, 6.07) is 13.9. The smallest absolute Gasteiger partial charge is 0.251 e. The van der Waals surface area contributed by atoms with Crippen LogP contribution in [0.5, 0.6) is 5.75 Å². The number of nitrogens with zero attached hydrogens (tertiary/aromatic N) is 1. The number of anilines is 2. The minimum atomic E-state index is -0.0152. The van der Waals surface area contributed by atoms with E-state index in [0.29, 0.717) is 11.6 Å². The number of methoxy groups -OCH3 is 1. The highest BCUT2D eigenvalue weighted by atomic mass is 32.1. The molecule has 2 N–H and O–H groups in total. The van der Waals surface area contributed by atoms with Gasteiger partial charge < -0.3 is 15.4 Å². The summed E-state index contributed by atoms with van der Waals surface area (Å²) < 4.78 is 5.20. The molecule has 0 atom stereocenters. The van der Waals surface area contributed by atoms with E-state index in [0.717, 1.165) is 46.2 Å². The molecule has 3 aromatic rings. The van der Waals surface area contributed by atoms with Crippen LogP contribution in [0.25, 0.3) is 11.3 Å². The molecule has 0 saturated heterocycles. The lowest BCUT2D eigenvalue weighted by Gasteiger charge is -2.10. The number of carbonyl (C=O) groups is 1. The van der Waals surface area contributed by atoms with Crippen LogP contribution in [0.2, 0.25) is 0 Å². The Morgan fingerprint density at radius 3 is 2.67 bits per heavy atom.